The van der Waals surface area contributed by atoms with Crippen molar-refractivity contribution in [3.63, 3.8) is 0 Å². The topological polar surface area (TPSA) is 15.3 Å². The van der Waals surface area contributed by atoms with Crippen molar-refractivity contribution in [2.45, 2.75) is 52.5 Å². The zero-order chi connectivity index (χ0) is 12.3. The molecule has 2 saturated heterocycles. The quantitative estimate of drug-likeness (QED) is 0.813. The molecule has 2 unspecified atom stereocenters. The fraction of sp³-hybridized carbons (Fsp3) is 1.00. The maximum Gasteiger partial charge on any atom is 0.00418 e. The number of piperidine rings is 2. The van der Waals surface area contributed by atoms with Crippen LogP contribution in [-0.2, 0) is 0 Å². The molecule has 0 amide bonds. The minimum absolute atomic E-state index is 0.738. The highest BCUT2D eigenvalue weighted by molar-refractivity contribution is 4.80. The Morgan fingerprint density at radius 2 is 1.88 bits per heavy atom. The Kier molecular flexibility index (Phi) is 4.87. The van der Waals surface area contributed by atoms with E-state index in [9.17, 15) is 0 Å². The summed E-state index contributed by atoms with van der Waals surface area (Å²) in [7, 11) is 0. The Hall–Kier alpha value is -0.0800. The maximum atomic E-state index is 3.55. The highest BCUT2D eigenvalue weighted by atomic mass is 15.1. The van der Waals surface area contributed by atoms with E-state index in [0.29, 0.717) is 0 Å². The molecule has 0 radical (unpaired) electrons. The van der Waals surface area contributed by atoms with Crippen molar-refractivity contribution in [1.82, 2.24) is 10.2 Å². The zero-order valence-corrected chi connectivity index (χ0v) is 11.9. The molecule has 2 nitrogen and oxygen atoms in total. The van der Waals surface area contributed by atoms with E-state index in [4.69, 9.17) is 0 Å². The molecule has 0 aliphatic carbocycles. The molecular weight excluding hydrogens is 208 g/mol. The Morgan fingerprint density at radius 1 is 1.18 bits per heavy atom. The van der Waals surface area contributed by atoms with Gasteiger partial charge in [-0.15, -0.1) is 0 Å². The second-order valence-electron chi connectivity index (χ2n) is 6.63. The second-order valence-corrected chi connectivity index (χ2v) is 6.63. The van der Waals surface area contributed by atoms with Gasteiger partial charge in [0.25, 0.3) is 0 Å². The van der Waals surface area contributed by atoms with E-state index in [1.165, 1.54) is 51.9 Å². The molecule has 2 fully saturated rings. The monoisotopic (exact) mass is 238 g/mol. The molecule has 0 bridgehead atoms. The molecule has 17 heavy (non-hydrogen) atoms. The average molecular weight is 238 g/mol. The Bertz CT molecular complexity index is 219. The van der Waals surface area contributed by atoms with Crippen LogP contribution in [0.25, 0.3) is 0 Å². The third-order valence-corrected chi connectivity index (χ3v) is 4.82. The summed E-state index contributed by atoms with van der Waals surface area (Å²) >= 11 is 0. The van der Waals surface area contributed by atoms with E-state index in [1.54, 1.807) is 0 Å². The molecule has 2 heteroatoms. The molecule has 2 rings (SSSR count). The summed E-state index contributed by atoms with van der Waals surface area (Å²) in [6.45, 7) is 12.4. The van der Waals surface area contributed by atoms with Crippen molar-refractivity contribution in [3.05, 3.63) is 0 Å². The SMILES string of the molecule is CC1CC(CN2CCC(C(C)C)CC2)CCN1. The van der Waals surface area contributed by atoms with Gasteiger partial charge in [0.2, 0.25) is 0 Å². The summed E-state index contributed by atoms with van der Waals surface area (Å²) < 4.78 is 0. The predicted molar refractivity (Wildman–Crippen MR) is 74.2 cm³/mol. The van der Waals surface area contributed by atoms with Gasteiger partial charge in [-0.3, -0.25) is 0 Å². The van der Waals surface area contributed by atoms with Gasteiger partial charge in [0, 0.05) is 12.6 Å². The van der Waals surface area contributed by atoms with E-state index in [0.717, 1.165) is 23.8 Å². The number of hydrogen-bond donors (Lipinski definition) is 1. The van der Waals surface area contributed by atoms with Gasteiger partial charge >= 0.3 is 0 Å². The van der Waals surface area contributed by atoms with E-state index in [1.807, 2.05) is 0 Å². The molecule has 1 N–H and O–H groups in total. The molecule has 0 aromatic rings. The van der Waals surface area contributed by atoms with Crippen LogP contribution >= 0.6 is 0 Å². The normalized spacial score (nSPS) is 33.2. The highest BCUT2D eigenvalue weighted by Crippen LogP contribution is 2.26. The van der Waals surface area contributed by atoms with Crippen LogP contribution < -0.4 is 5.32 Å². The number of likely N-dealkylation sites (tertiary alicyclic amines) is 1. The lowest BCUT2D eigenvalue weighted by atomic mass is 9.85. The molecule has 2 aliphatic rings. The van der Waals surface area contributed by atoms with Gasteiger partial charge < -0.3 is 10.2 Å². The van der Waals surface area contributed by atoms with Crippen LogP contribution in [0.3, 0.4) is 0 Å². The molecular formula is C15H30N2. The van der Waals surface area contributed by atoms with Gasteiger partial charge in [0.05, 0.1) is 0 Å². The third-order valence-electron chi connectivity index (χ3n) is 4.82. The molecule has 0 spiro atoms. The minimum atomic E-state index is 0.738. The van der Waals surface area contributed by atoms with E-state index < -0.39 is 0 Å². The van der Waals surface area contributed by atoms with Crippen molar-refractivity contribution in [2.24, 2.45) is 17.8 Å². The first kappa shape index (κ1) is 13.4. The molecule has 100 valence electrons. The fourth-order valence-electron chi connectivity index (χ4n) is 3.57. The van der Waals surface area contributed by atoms with Gasteiger partial charge in [-0.25, -0.2) is 0 Å². The Morgan fingerprint density at radius 3 is 2.47 bits per heavy atom. The molecule has 0 aromatic heterocycles. The van der Waals surface area contributed by atoms with Crippen LogP contribution in [0.4, 0.5) is 0 Å². The molecule has 2 atom stereocenters. The number of nitrogens with zero attached hydrogens (tertiary/aromatic N) is 1. The lowest BCUT2D eigenvalue weighted by Crippen LogP contribution is -2.43. The maximum absolute atomic E-state index is 3.55. The van der Waals surface area contributed by atoms with E-state index in [2.05, 4.69) is 31.0 Å². The van der Waals surface area contributed by atoms with Gasteiger partial charge in [0.1, 0.15) is 0 Å². The highest BCUT2D eigenvalue weighted by Gasteiger charge is 2.25. The first-order valence-electron chi connectivity index (χ1n) is 7.61. The van der Waals surface area contributed by atoms with Gasteiger partial charge in [-0.1, -0.05) is 13.8 Å². The van der Waals surface area contributed by atoms with Crippen molar-refractivity contribution in [3.8, 4) is 0 Å². The van der Waals surface area contributed by atoms with Crippen LogP contribution in [0.1, 0.15) is 46.5 Å². The summed E-state index contributed by atoms with van der Waals surface area (Å²) in [5.74, 6) is 2.82. The number of hydrogen-bond acceptors (Lipinski definition) is 2. The van der Waals surface area contributed by atoms with Crippen LogP contribution in [-0.4, -0.2) is 37.1 Å². The van der Waals surface area contributed by atoms with Crippen molar-refractivity contribution in [2.75, 3.05) is 26.2 Å². The molecule has 0 aromatic carbocycles. The Labute approximate surface area is 107 Å². The summed E-state index contributed by atoms with van der Waals surface area (Å²) in [6, 6.07) is 0.738. The van der Waals surface area contributed by atoms with Crippen LogP contribution in [0, 0.1) is 17.8 Å². The van der Waals surface area contributed by atoms with Crippen LogP contribution in [0.2, 0.25) is 0 Å². The molecule has 2 aliphatic heterocycles. The average Bonchev–Trinajstić information content (AvgIpc) is 2.29. The summed E-state index contributed by atoms with van der Waals surface area (Å²) in [5.41, 5.74) is 0. The fourth-order valence-corrected chi connectivity index (χ4v) is 3.57. The largest absolute Gasteiger partial charge is 0.314 e. The standard InChI is InChI=1S/C15H30N2/c1-12(2)15-5-8-17(9-6-15)11-14-4-7-16-13(3)10-14/h12-16H,4-11H2,1-3H3. The lowest BCUT2D eigenvalue weighted by molar-refractivity contribution is 0.125. The third kappa shape index (κ3) is 3.96. The van der Waals surface area contributed by atoms with Crippen LogP contribution in [0.5, 0.6) is 0 Å². The van der Waals surface area contributed by atoms with Crippen molar-refractivity contribution in [1.29, 1.82) is 0 Å². The van der Waals surface area contributed by atoms with Gasteiger partial charge in [-0.2, -0.15) is 0 Å². The Balaban J connectivity index is 1.70. The lowest BCUT2D eigenvalue weighted by Gasteiger charge is -2.37. The first-order valence-corrected chi connectivity index (χ1v) is 7.61. The summed E-state index contributed by atoms with van der Waals surface area (Å²) in [4.78, 5) is 2.72. The number of nitrogens with one attached hydrogen (secondary N) is 1. The minimum Gasteiger partial charge on any atom is -0.314 e. The smallest absolute Gasteiger partial charge is 0.00418 e. The second kappa shape index (κ2) is 6.19. The van der Waals surface area contributed by atoms with E-state index in [-0.39, 0.29) is 0 Å². The first-order chi connectivity index (χ1) is 8.15. The zero-order valence-electron chi connectivity index (χ0n) is 11.9. The van der Waals surface area contributed by atoms with Crippen LogP contribution in [0.15, 0.2) is 0 Å². The van der Waals surface area contributed by atoms with E-state index >= 15 is 0 Å². The predicted octanol–water partition coefficient (Wildman–Crippen LogP) is 2.74. The molecule has 0 saturated carbocycles. The molecule has 2 heterocycles. The summed E-state index contributed by atoms with van der Waals surface area (Å²) in [5, 5.41) is 3.55. The van der Waals surface area contributed by atoms with Gasteiger partial charge in [0.15, 0.2) is 0 Å². The van der Waals surface area contributed by atoms with Crippen molar-refractivity contribution >= 4 is 0 Å². The number of rotatable bonds is 3. The van der Waals surface area contributed by atoms with Crippen molar-refractivity contribution < 1.29 is 0 Å². The van der Waals surface area contributed by atoms with Gasteiger partial charge in [-0.05, 0) is 70.0 Å². The summed E-state index contributed by atoms with van der Waals surface area (Å²) in [6.07, 6.45) is 5.62.